The third kappa shape index (κ3) is 2.83. The summed E-state index contributed by atoms with van der Waals surface area (Å²) >= 11 is 0. The molecule has 0 aromatic heterocycles. The van der Waals surface area contributed by atoms with Crippen LogP contribution in [-0.4, -0.2) is 5.97 Å². The lowest BCUT2D eigenvalue weighted by Gasteiger charge is -2.17. The molecular formula is C16H8F6O2. The van der Waals surface area contributed by atoms with Gasteiger partial charge in [-0.05, 0) is 29.8 Å². The Morgan fingerprint density at radius 3 is 1.92 bits per heavy atom. The molecule has 1 aliphatic rings. The second kappa shape index (κ2) is 5.25. The Bertz CT molecular complexity index is 775. The first-order chi connectivity index (χ1) is 11.1. The number of fused-ring (bicyclic) bond motifs is 1. The average molecular weight is 346 g/mol. The fourth-order valence-electron chi connectivity index (χ4n) is 2.52. The van der Waals surface area contributed by atoms with E-state index in [1.54, 1.807) is 0 Å². The van der Waals surface area contributed by atoms with Crippen LogP contribution in [0.1, 0.15) is 38.7 Å². The molecule has 126 valence electrons. The molecule has 0 unspecified atom stereocenters. The first kappa shape index (κ1) is 16.4. The number of hydrogen-bond donors (Lipinski definition) is 0. The maximum atomic E-state index is 12.9. The van der Waals surface area contributed by atoms with Crippen molar-refractivity contribution in [1.29, 1.82) is 0 Å². The standard InChI is InChI=1S/C16H8F6O2/c17-15(18,19)9-5-8(6-10(7-9)16(20,21)22)13-11-3-1-2-4-12(11)14(23)24-13/h1-7,13H/t13-/m0/s1. The van der Waals surface area contributed by atoms with Gasteiger partial charge in [0, 0.05) is 5.56 Å². The van der Waals surface area contributed by atoms with Crippen molar-refractivity contribution in [3.8, 4) is 0 Å². The zero-order valence-corrected chi connectivity index (χ0v) is 11.7. The van der Waals surface area contributed by atoms with Crippen molar-refractivity contribution in [2.75, 3.05) is 0 Å². The van der Waals surface area contributed by atoms with Crippen LogP contribution in [0.2, 0.25) is 0 Å². The molecular weight excluding hydrogens is 338 g/mol. The van der Waals surface area contributed by atoms with Crippen LogP contribution in [0.4, 0.5) is 26.3 Å². The molecule has 0 N–H and O–H groups in total. The van der Waals surface area contributed by atoms with E-state index in [0.29, 0.717) is 12.1 Å². The topological polar surface area (TPSA) is 26.3 Å². The maximum absolute atomic E-state index is 12.9. The van der Waals surface area contributed by atoms with Crippen molar-refractivity contribution in [2.45, 2.75) is 18.5 Å². The van der Waals surface area contributed by atoms with Crippen molar-refractivity contribution in [2.24, 2.45) is 0 Å². The van der Waals surface area contributed by atoms with Gasteiger partial charge in [0.1, 0.15) is 0 Å². The summed E-state index contributed by atoms with van der Waals surface area (Å²) in [4.78, 5) is 11.7. The van der Waals surface area contributed by atoms with Crippen LogP contribution >= 0.6 is 0 Å². The second-order valence-corrected chi connectivity index (χ2v) is 5.21. The first-order valence-electron chi connectivity index (χ1n) is 6.66. The Kier molecular flexibility index (Phi) is 3.58. The lowest BCUT2D eigenvalue weighted by atomic mass is 9.95. The smallest absolute Gasteiger partial charge is 0.416 e. The Hall–Kier alpha value is -2.51. The van der Waals surface area contributed by atoms with Crippen LogP contribution in [0.15, 0.2) is 42.5 Å². The van der Waals surface area contributed by atoms with Crippen LogP contribution in [-0.2, 0) is 17.1 Å². The third-order valence-electron chi connectivity index (χ3n) is 3.60. The molecule has 0 fully saturated rings. The molecule has 2 nitrogen and oxygen atoms in total. The summed E-state index contributed by atoms with van der Waals surface area (Å²) in [5.74, 6) is -0.790. The number of cyclic esters (lactones) is 1. The molecule has 0 amide bonds. The zero-order chi connectivity index (χ0) is 17.7. The summed E-state index contributed by atoms with van der Waals surface area (Å²) in [6, 6.07) is 7.03. The monoisotopic (exact) mass is 346 g/mol. The average Bonchev–Trinajstić information content (AvgIpc) is 2.83. The van der Waals surface area contributed by atoms with Gasteiger partial charge in [-0.1, -0.05) is 18.2 Å². The molecule has 0 saturated carbocycles. The molecule has 0 spiro atoms. The minimum absolute atomic E-state index is 0.0339. The van der Waals surface area contributed by atoms with Gasteiger partial charge in [-0.2, -0.15) is 26.3 Å². The van der Waals surface area contributed by atoms with Crippen LogP contribution in [0.25, 0.3) is 0 Å². The van der Waals surface area contributed by atoms with Gasteiger partial charge in [-0.15, -0.1) is 0 Å². The number of carbonyl (C=O) groups excluding carboxylic acids is 1. The zero-order valence-electron chi connectivity index (χ0n) is 11.7. The van der Waals surface area contributed by atoms with Crippen molar-refractivity contribution in [3.63, 3.8) is 0 Å². The minimum Gasteiger partial charge on any atom is -0.449 e. The molecule has 2 aromatic carbocycles. The van der Waals surface area contributed by atoms with Gasteiger partial charge in [-0.3, -0.25) is 0 Å². The van der Waals surface area contributed by atoms with E-state index in [4.69, 9.17) is 4.74 Å². The Labute approximate surface area is 131 Å². The number of benzene rings is 2. The van der Waals surface area contributed by atoms with E-state index in [9.17, 15) is 31.1 Å². The SMILES string of the molecule is O=C1O[C@@H](c2cc(C(F)(F)F)cc(C(F)(F)F)c2)c2ccccc21. The Balaban J connectivity index is 2.17. The molecule has 0 saturated heterocycles. The van der Waals surface area contributed by atoms with E-state index >= 15 is 0 Å². The molecule has 0 bridgehead atoms. The third-order valence-corrected chi connectivity index (χ3v) is 3.60. The molecule has 1 atom stereocenters. The van der Waals surface area contributed by atoms with Gasteiger partial charge in [0.25, 0.3) is 0 Å². The van der Waals surface area contributed by atoms with Crippen molar-refractivity contribution in [3.05, 3.63) is 70.3 Å². The highest BCUT2D eigenvalue weighted by atomic mass is 19.4. The summed E-state index contributed by atoms with van der Waals surface area (Å²) in [5, 5.41) is 0. The summed E-state index contributed by atoms with van der Waals surface area (Å²) in [6.45, 7) is 0. The minimum atomic E-state index is -4.96. The Morgan fingerprint density at radius 1 is 0.833 bits per heavy atom. The molecule has 1 heterocycles. The van der Waals surface area contributed by atoms with Gasteiger partial charge in [-0.25, -0.2) is 4.79 Å². The molecule has 24 heavy (non-hydrogen) atoms. The molecule has 1 aliphatic heterocycles. The van der Waals surface area contributed by atoms with Crippen molar-refractivity contribution >= 4 is 5.97 Å². The molecule has 0 radical (unpaired) electrons. The predicted octanol–water partition coefficient (Wildman–Crippen LogP) is 4.98. The second-order valence-electron chi connectivity index (χ2n) is 5.21. The van der Waals surface area contributed by atoms with E-state index in [0.717, 1.165) is 0 Å². The fourth-order valence-corrected chi connectivity index (χ4v) is 2.52. The van der Waals surface area contributed by atoms with Crippen LogP contribution in [0.5, 0.6) is 0 Å². The molecule has 0 aliphatic carbocycles. The maximum Gasteiger partial charge on any atom is 0.416 e. The van der Waals surface area contributed by atoms with Crippen molar-refractivity contribution in [1.82, 2.24) is 0 Å². The molecule has 3 rings (SSSR count). The van der Waals surface area contributed by atoms with Crippen LogP contribution in [0.3, 0.4) is 0 Å². The first-order valence-corrected chi connectivity index (χ1v) is 6.66. The largest absolute Gasteiger partial charge is 0.449 e. The van der Waals surface area contributed by atoms with Crippen molar-refractivity contribution < 1.29 is 35.9 Å². The highest BCUT2D eigenvalue weighted by Crippen LogP contribution is 2.41. The Morgan fingerprint density at radius 2 is 1.38 bits per heavy atom. The summed E-state index contributed by atoms with van der Waals surface area (Å²) < 4.78 is 82.5. The number of halogens is 6. The predicted molar refractivity (Wildman–Crippen MR) is 70.1 cm³/mol. The lowest BCUT2D eigenvalue weighted by molar-refractivity contribution is -0.143. The summed E-state index contributed by atoms with van der Waals surface area (Å²) in [7, 11) is 0. The van der Waals surface area contributed by atoms with Gasteiger partial charge in [0.15, 0.2) is 6.10 Å². The van der Waals surface area contributed by atoms with Gasteiger partial charge < -0.3 is 4.74 Å². The molecule has 8 heteroatoms. The normalized spacial score (nSPS) is 17.6. The van der Waals surface area contributed by atoms with Gasteiger partial charge in [0.05, 0.1) is 16.7 Å². The quantitative estimate of drug-likeness (QED) is 0.537. The van der Waals surface area contributed by atoms with E-state index in [-0.39, 0.29) is 22.8 Å². The van der Waals surface area contributed by atoms with E-state index in [1.807, 2.05) is 0 Å². The lowest BCUT2D eigenvalue weighted by Crippen LogP contribution is -2.13. The van der Waals surface area contributed by atoms with E-state index in [1.165, 1.54) is 24.3 Å². The number of alkyl halides is 6. The number of carbonyl (C=O) groups is 1. The fraction of sp³-hybridized carbons (Fsp3) is 0.188. The van der Waals surface area contributed by atoms with E-state index < -0.39 is 35.6 Å². The van der Waals surface area contributed by atoms with Crippen LogP contribution < -0.4 is 0 Å². The number of hydrogen-bond acceptors (Lipinski definition) is 2. The number of rotatable bonds is 1. The number of esters is 1. The highest BCUT2D eigenvalue weighted by Gasteiger charge is 2.39. The van der Waals surface area contributed by atoms with Gasteiger partial charge >= 0.3 is 18.3 Å². The highest BCUT2D eigenvalue weighted by molar-refractivity contribution is 5.94. The van der Waals surface area contributed by atoms with Crippen LogP contribution in [0, 0.1) is 0 Å². The van der Waals surface area contributed by atoms with E-state index in [2.05, 4.69) is 0 Å². The number of ether oxygens (including phenoxy) is 1. The summed E-state index contributed by atoms with van der Waals surface area (Å²) in [5.41, 5.74) is -2.93. The summed E-state index contributed by atoms with van der Waals surface area (Å²) in [6.07, 6.45) is -11.2. The van der Waals surface area contributed by atoms with Gasteiger partial charge in [0.2, 0.25) is 0 Å². The molecule has 2 aromatic rings.